The van der Waals surface area contributed by atoms with E-state index in [4.69, 9.17) is 4.42 Å². The Morgan fingerprint density at radius 2 is 2.00 bits per heavy atom. The molecule has 0 unspecified atom stereocenters. The lowest BCUT2D eigenvalue weighted by Crippen LogP contribution is -2.22. The van der Waals surface area contributed by atoms with Gasteiger partial charge in [0.2, 0.25) is 11.8 Å². The Bertz CT molecular complexity index is 1510. The molecule has 0 aliphatic heterocycles. The molecule has 1 aliphatic rings. The zero-order chi connectivity index (χ0) is 22.6. The van der Waals surface area contributed by atoms with Crippen LogP contribution in [0.5, 0.6) is 0 Å². The van der Waals surface area contributed by atoms with Crippen molar-refractivity contribution < 1.29 is 9.21 Å². The Morgan fingerprint density at radius 3 is 2.81 bits per heavy atom. The van der Waals surface area contributed by atoms with Crippen molar-refractivity contribution in [3.05, 3.63) is 42.6 Å². The predicted molar refractivity (Wildman–Crippen MR) is 125 cm³/mol. The van der Waals surface area contributed by atoms with Gasteiger partial charge in [-0.25, -0.2) is 10.1 Å². The number of furan rings is 1. The summed E-state index contributed by atoms with van der Waals surface area (Å²) in [7, 11) is 1.68. The SMILES string of the molecule is Cc1n[nH]c(=O)c2c(NC(=O)CSc3nc4sc5c(c4c(=O)n3C)CCCC5)oc(C)c12. The fourth-order valence-electron chi connectivity index (χ4n) is 4.22. The third kappa shape index (κ3) is 3.36. The van der Waals surface area contributed by atoms with E-state index in [0.29, 0.717) is 22.0 Å². The summed E-state index contributed by atoms with van der Waals surface area (Å²) in [6.45, 7) is 3.48. The number of nitrogens with one attached hydrogen (secondary N) is 2. The lowest BCUT2D eigenvalue weighted by Gasteiger charge is -2.10. The first-order valence-corrected chi connectivity index (χ1v) is 12.1. The van der Waals surface area contributed by atoms with Crippen molar-refractivity contribution in [3.8, 4) is 0 Å². The summed E-state index contributed by atoms with van der Waals surface area (Å²) in [5.74, 6) is 0.257. The summed E-state index contributed by atoms with van der Waals surface area (Å²) in [5, 5.41) is 11.1. The summed E-state index contributed by atoms with van der Waals surface area (Å²) >= 11 is 2.76. The molecule has 2 N–H and O–H groups in total. The summed E-state index contributed by atoms with van der Waals surface area (Å²) in [6.07, 6.45) is 4.15. The topological polar surface area (TPSA) is 123 Å². The quantitative estimate of drug-likeness (QED) is 0.346. The molecule has 0 saturated carbocycles. The van der Waals surface area contributed by atoms with E-state index in [-0.39, 0.29) is 28.5 Å². The van der Waals surface area contributed by atoms with Gasteiger partial charge in [0, 0.05) is 11.9 Å². The second kappa shape index (κ2) is 7.89. The predicted octanol–water partition coefficient (Wildman–Crippen LogP) is 3.05. The van der Waals surface area contributed by atoms with Crippen molar-refractivity contribution in [3.63, 3.8) is 0 Å². The highest BCUT2D eigenvalue weighted by Gasteiger charge is 2.22. The molecule has 0 bridgehead atoms. The van der Waals surface area contributed by atoms with E-state index >= 15 is 0 Å². The molecule has 4 heterocycles. The monoisotopic (exact) mass is 471 g/mol. The van der Waals surface area contributed by atoms with Crippen LogP contribution in [0.15, 0.2) is 19.2 Å². The van der Waals surface area contributed by atoms with Crippen LogP contribution >= 0.6 is 23.1 Å². The number of carbonyl (C=O) groups excluding carboxylic acids is 1. The van der Waals surface area contributed by atoms with Crippen LogP contribution in [0.3, 0.4) is 0 Å². The summed E-state index contributed by atoms with van der Waals surface area (Å²) in [5.41, 5.74) is 1.26. The van der Waals surface area contributed by atoms with Crippen LogP contribution in [0.2, 0.25) is 0 Å². The number of H-pyrrole nitrogens is 1. The van der Waals surface area contributed by atoms with Gasteiger partial charge in [-0.15, -0.1) is 11.3 Å². The Labute approximate surface area is 190 Å². The van der Waals surface area contributed by atoms with Gasteiger partial charge in [0.15, 0.2) is 5.16 Å². The van der Waals surface area contributed by atoms with Crippen LogP contribution in [0, 0.1) is 13.8 Å². The van der Waals surface area contributed by atoms with Crippen molar-refractivity contribution in [2.45, 2.75) is 44.7 Å². The molecule has 11 heteroatoms. The first kappa shape index (κ1) is 21.0. The molecule has 166 valence electrons. The van der Waals surface area contributed by atoms with Crippen LogP contribution in [-0.2, 0) is 24.7 Å². The third-order valence-electron chi connectivity index (χ3n) is 5.74. The molecule has 0 aromatic carbocycles. The number of hydrogen-bond acceptors (Lipinski definition) is 8. The minimum Gasteiger partial charge on any atom is -0.444 e. The lowest BCUT2D eigenvalue weighted by atomic mass is 9.97. The zero-order valence-corrected chi connectivity index (χ0v) is 19.5. The van der Waals surface area contributed by atoms with E-state index in [0.717, 1.165) is 41.5 Å². The number of aromatic amines is 1. The minimum atomic E-state index is -0.429. The molecule has 0 fully saturated rings. The van der Waals surface area contributed by atoms with E-state index in [1.165, 1.54) is 21.2 Å². The molecule has 0 atom stereocenters. The smallest absolute Gasteiger partial charge is 0.277 e. The van der Waals surface area contributed by atoms with Crippen molar-refractivity contribution in [1.29, 1.82) is 0 Å². The number of nitrogens with zero attached hydrogens (tertiary/aromatic N) is 3. The highest BCUT2D eigenvalue weighted by Crippen LogP contribution is 2.34. The van der Waals surface area contributed by atoms with Crippen molar-refractivity contribution in [2.75, 3.05) is 11.1 Å². The number of thiophene rings is 1. The maximum Gasteiger partial charge on any atom is 0.277 e. The van der Waals surface area contributed by atoms with Crippen molar-refractivity contribution >= 4 is 55.9 Å². The average Bonchev–Trinajstić information content (AvgIpc) is 3.30. The van der Waals surface area contributed by atoms with Crippen molar-refractivity contribution in [1.82, 2.24) is 19.7 Å². The molecule has 1 aliphatic carbocycles. The van der Waals surface area contributed by atoms with E-state index in [1.54, 1.807) is 32.2 Å². The zero-order valence-electron chi connectivity index (χ0n) is 17.8. The molecular formula is C21H21N5O4S2. The Hall–Kier alpha value is -2.92. The van der Waals surface area contributed by atoms with Crippen LogP contribution in [0.1, 0.15) is 34.7 Å². The molecule has 32 heavy (non-hydrogen) atoms. The number of hydrogen-bond donors (Lipinski definition) is 2. The number of aromatic nitrogens is 4. The number of anilines is 1. The van der Waals surface area contributed by atoms with E-state index in [9.17, 15) is 14.4 Å². The number of rotatable bonds is 4. The molecule has 4 aromatic rings. The molecule has 0 spiro atoms. The normalized spacial score (nSPS) is 13.6. The van der Waals surface area contributed by atoms with Crippen LogP contribution in [0.4, 0.5) is 5.88 Å². The summed E-state index contributed by atoms with van der Waals surface area (Å²) in [4.78, 5) is 44.5. The number of fused-ring (bicyclic) bond motifs is 4. The van der Waals surface area contributed by atoms with Gasteiger partial charge < -0.3 is 4.42 Å². The van der Waals surface area contributed by atoms with E-state index in [1.807, 2.05) is 0 Å². The first-order chi connectivity index (χ1) is 15.3. The summed E-state index contributed by atoms with van der Waals surface area (Å²) < 4.78 is 7.13. The molecule has 5 rings (SSSR count). The molecule has 0 saturated heterocycles. The molecular weight excluding hydrogens is 450 g/mol. The maximum absolute atomic E-state index is 13.0. The van der Waals surface area contributed by atoms with Gasteiger partial charge >= 0.3 is 0 Å². The number of amides is 1. The van der Waals surface area contributed by atoms with Gasteiger partial charge in [0.1, 0.15) is 16.0 Å². The van der Waals surface area contributed by atoms with Gasteiger partial charge in [-0.2, -0.15) is 5.10 Å². The Balaban J connectivity index is 1.40. The van der Waals surface area contributed by atoms with Crippen LogP contribution in [0.25, 0.3) is 21.0 Å². The Morgan fingerprint density at radius 1 is 1.22 bits per heavy atom. The number of aryl methyl sites for hydroxylation is 4. The van der Waals surface area contributed by atoms with Gasteiger partial charge in [-0.05, 0) is 45.1 Å². The molecule has 9 nitrogen and oxygen atoms in total. The minimum absolute atomic E-state index is 0.0140. The molecule has 4 aromatic heterocycles. The fourth-order valence-corrected chi connectivity index (χ4v) is 6.29. The highest BCUT2D eigenvalue weighted by molar-refractivity contribution is 7.99. The standard InChI is InChI=1S/C21H21N5O4S2/c1-9-14-10(2)30-18(16(14)17(28)25-24-9)22-13(27)8-31-21-23-19-15(20(29)26(21)3)11-6-4-5-7-12(11)32-19/h4-8H2,1-3H3,(H,22,27)(H,25,28). The van der Waals surface area contributed by atoms with Gasteiger partial charge in [0.25, 0.3) is 11.1 Å². The van der Waals surface area contributed by atoms with E-state index < -0.39 is 5.56 Å². The highest BCUT2D eigenvalue weighted by atomic mass is 32.2. The molecule has 0 radical (unpaired) electrons. The van der Waals surface area contributed by atoms with Gasteiger partial charge in [-0.3, -0.25) is 24.3 Å². The van der Waals surface area contributed by atoms with Crippen LogP contribution < -0.4 is 16.4 Å². The van der Waals surface area contributed by atoms with Gasteiger partial charge in [-0.1, -0.05) is 11.8 Å². The third-order valence-corrected chi connectivity index (χ3v) is 7.95. The van der Waals surface area contributed by atoms with Crippen LogP contribution in [-0.4, -0.2) is 31.4 Å². The number of thioether (sulfide) groups is 1. The Kier molecular flexibility index (Phi) is 5.17. The number of carbonyl (C=O) groups is 1. The van der Waals surface area contributed by atoms with Gasteiger partial charge in [0.05, 0.1) is 22.2 Å². The van der Waals surface area contributed by atoms with E-state index in [2.05, 4.69) is 20.5 Å². The molecule has 1 amide bonds. The second-order valence-electron chi connectivity index (χ2n) is 7.86. The maximum atomic E-state index is 13.0. The van der Waals surface area contributed by atoms with Crippen molar-refractivity contribution in [2.24, 2.45) is 7.05 Å². The largest absolute Gasteiger partial charge is 0.444 e. The first-order valence-electron chi connectivity index (χ1n) is 10.3. The lowest BCUT2D eigenvalue weighted by molar-refractivity contribution is -0.113. The second-order valence-corrected chi connectivity index (χ2v) is 9.89. The summed E-state index contributed by atoms with van der Waals surface area (Å²) in [6, 6.07) is 0. The average molecular weight is 472 g/mol. The fraction of sp³-hybridized carbons (Fsp3) is 0.381.